The summed E-state index contributed by atoms with van der Waals surface area (Å²) in [5.74, 6) is 5.52. The van der Waals surface area contributed by atoms with Gasteiger partial charge in [0.25, 0.3) is 0 Å². The van der Waals surface area contributed by atoms with Gasteiger partial charge in [0.2, 0.25) is 5.78 Å². The van der Waals surface area contributed by atoms with Gasteiger partial charge in [-0.2, -0.15) is 0 Å². The summed E-state index contributed by atoms with van der Waals surface area (Å²) in [6.07, 6.45) is 0.671. The molecule has 0 aliphatic carbocycles. The van der Waals surface area contributed by atoms with Crippen molar-refractivity contribution in [3.8, 4) is 11.8 Å². The van der Waals surface area contributed by atoms with Gasteiger partial charge >= 0.3 is 0 Å². The summed E-state index contributed by atoms with van der Waals surface area (Å²) >= 11 is 0. The van der Waals surface area contributed by atoms with E-state index in [1.165, 1.54) is 0 Å². The highest BCUT2D eigenvalue weighted by molar-refractivity contribution is 6.08. The molecule has 0 amide bonds. The van der Waals surface area contributed by atoms with Crippen molar-refractivity contribution in [3.63, 3.8) is 0 Å². The number of carbonyl (C=O) groups excluding carboxylic acids is 1. The van der Waals surface area contributed by atoms with Crippen molar-refractivity contribution in [2.45, 2.75) is 6.42 Å². The van der Waals surface area contributed by atoms with Crippen LogP contribution in [0.2, 0.25) is 0 Å². The minimum absolute atomic E-state index is 0.118. The fraction of sp³-hybridized carbons (Fsp3) is 0.167. The topological polar surface area (TPSA) is 20.3 Å². The highest BCUT2D eigenvalue weighted by Crippen LogP contribution is 2.10. The number of nitrogens with zero attached hydrogens (tertiary/aromatic N) is 1. The molecule has 2 aromatic carbocycles. The van der Waals surface area contributed by atoms with Gasteiger partial charge in [-0.15, -0.1) is 0 Å². The summed E-state index contributed by atoms with van der Waals surface area (Å²) in [5, 5.41) is 0. The van der Waals surface area contributed by atoms with Crippen LogP contribution < -0.4 is 4.90 Å². The molecule has 2 heteroatoms. The Bertz CT molecular complexity index is 608. The molecule has 0 N–H and O–H groups in total. The van der Waals surface area contributed by atoms with Crippen molar-refractivity contribution in [1.82, 2.24) is 0 Å². The largest absolute Gasteiger partial charge is 0.374 e. The molecule has 2 rings (SSSR count). The molecule has 0 aliphatic rings. The van der Waals surface area contributed by atoms with Crippen LogP contribution in [0.15, 0.2) is 60.7 Å². The maximum Gasteiger partial charge on any atom is 0.235 e. The summed E-state index contributed by atoms with van der Waals surface area (Å²) < 4.78 is 0. The maximum atomic E-state index is 11.8. The predicted octanol–water partition coefficient (Wildman–Crippen LogP) is 3.40. The first-order valence-corrected chi connectivity index (χ1v) is 6.62. The Morgan fingerprint density at radius 3 is 2.25 bits per heavy atom. The van der Waals surface area contributed by atoms with Gasteiger partial charge in [0.1, 0.15) is 0 Å². The van der Waals surface area contributed by atoms with Crippen molar-refractivity contribution >= 4 is 11.5 Å². The quantitative estimate of drug-likeness (QED) is 0.479. The van der Waals surface area contributed by atoms with Gasteiger partial charge in [-0.25, -0.2) is 0 Å². The van der Waals surface area contributed by atoms with E-state index in [4.69, 9.17) is 0 Å². The molecule has 0 aliphatic heterocycles. The molecule has 0 unspecified atom stereocenters. The Hall–Kier alpha value is -2.53. The van der Waals surface area contributed by atoms with Gasteiger partial charge in [-0.3, -0.25) is 4.79 Å². The van der Waals surface area contributed by atoms with E-state index < -0.39 is 0 Å². The van der Waals surface area contributed by atoms with E-state index in [1.807, 2.05) is 43.4 Å². The monoisotopic (exact) mass is 263 g/mol. The van der Waals surface area contributed by atoms with Gasteiger partial charge in [0.05, 0.1) is 0 Å². The van der Waals surface area contributed by atoms with E-state index in [-0.39, 0.29) is 5.78 Å². The van der Waals surface area contributed by atoms with E-state index in [9.17, 15) is 4.79 Å². The number of hydrogen-bond acceptors (Lipinski definition) is 2. The predicted molar refractivity (Wildman–Crippen MR) is 82.9 cm³/mol. The SMILES string of the molecule is CN(CCC#CC(=O)c1ccccc1)c1ccccc1. The Kier molecular flexibility index (Phi) is 4.97. The van der Waals surface area contributed by atoms with Gasteiger partial charge in [-0.05, 0) is 18.1 Å². The minimum Gasteiger partial charge on any atom is -0.374 e. The van der Waals surface area contributed by atoms with Crippen LogP contribution in [0.5, 0.6) is 0 Å². The number of Topliss-reactive ketones (excluding diaryl/α,β-unsaturated/α-hetero) is 1. The van der Waals surface area contributed by atoms with E-state index >= 15 is 0 Å². The standard InChI is InChI=1S/C18H17NO/c1-19(17-12-6-3-7-13-17)15-9-8-14-18(20)16-10-4-2-5-11-16/h2-7,10-13H,9,15H2,1H3. The Morgan fingerprint density at radius 1 is 1.00 bits per heavy atom. The smallest absolute Gasteiger partial charge is 0.235 e. The third-order valence-electron chi connectivity index (χ3n) is 3.01. The number of hydrogen-bond donors (Lipinski definition) is 0. The molecule has 0 spiro atoms. The number of carbonyl (C=O) groups is 1. The van der Waals surface area contributed by atoms with E-state index in [0.717, 1.165) is 12.2 Å². The molecule has 0 saturated heterocycles. The van der Waals surface area contributed by atoms with Crippen LogP contribution in [0.4, 0.5) is 5.69 Å². The average Bonchev–Trinajstić information content (AvgIpc) is 2.53. The highest BCUT2D eigenvalue weighted by Gasteiger charge is 2.00. The zero-order valence-electron chi connectivity index (χ0n) is 11.5. The molecular formula is C18H17NO. The van der Waals surface area contributed by atoms with Crippen LogP contribution in [0.25, 0.3) is 0 Å². The normalized spacial score (nSPS) is 9.45. The molecular weight excluding hydrogens is 246 g/mol. The van der Waals surface area contributed by atoms with Crippen LogP contribution in [0.1, 0.15) is 16.8 Å². The number of benzene rings is 2. The first-order valence-electron chi connectivity index (χ1n) is 6.62. The van der Waals surface area contributed by atoms with Crippen LogP contribution >= 0.6 is 0 Å². The lowest BCUT2D eigenvalue weighted by Gasteiger charge is -2.17. The zero-order valence-corrected chi connectivity index (χ0v) is 11.5. The second-order valence-corrected chi connectivity index (χ2v) is 4.50. The fourth-order valence-electron chi connectivity index (χ4n) is 1.84. The summed E-state index contributed by atoms with van der Waals surface area (Å²) in [7, 11) is 2.02. The Balaban J connectivity index is 1.85. The average molecular weight is 263 g/mol. The number of ketones is 1. The van der Waals surface area contributed by atoms with Crippen LogP contribution in [0.3, 0.4) is 0 Å². The fourth-order valence-corrected chi connectivity index (χ4v) is 1.84. The van der Waals surface area contributed by atoms with Gasteiger partial charge in [0.15, 0.2) is 0 Å². The van der Waals surface area contributed by atoms with Crippen LogP contribution in [-0.4, -0.2) is 19.4 Å². The van der Waals surface area contributed by atoms with Gasteiger partial charge in [0, 0.05) is 31.3 Å². The van der Waals surface area contributed by atoms with Crippen molar-refractivity contribution in [1.29, 1.82) is 0 Å². The molecule has 0 radical (unpaired) electrons. The number of rotatable bonds is 4. The summed E-state index contributed by atoms with van der Waals surface area (Å²) in [6.45, 7) is 0.805. The van der Waals surface area contributed by atoms with Gasteiger partial charge in [-0.1, -0.05) is 54.5 Å². The lowest BCUT2D eigenvalue weighted by atomic mass is 10.1. The lowest BCUT2D eigenvalue weighted by Crippen LogP contribution is -2.17. The van der Waals surface area contributed by atoms with E-state index in [1.54, 1.807) is 12.1 Å². The highest BCUT2D eigenvalue weighted by atomic mass is 16.1. The van der Waals surface area contributed by atoms with Gasteiger partial charge < -0.3 is 4.90 Å². The maximum absolute atomic E-state index is 11.8. The lowest BCUT2D eigenvalue weighted by molar-refractivity contribution is 0.105. The van der Waals surface area contributed by atoms with E-state index in [0.29, 0.717) is 12.0 Å². The summed E-state index contributed by atoms with van der Waals surface area (Å²) in [5.41, 5.74) is 1.81. The molecule has 0 atom stereocenters. The van der Waals surface area contributed by atoms with Crippen LogP contribution in [-0.2, 0) is 0 Å². The zero-order chi connectivity index (χ0) is 14.2. The van der Waals surface area contributed by atoms with Crippen molar-refractivity contribution in [2.75, 3.05) is 18.5 Å². The summed E-state index contributed by atoms with van der Waals surface area (Å²) in [4.78, 5) is 13.9. The molecule has 0 saturated carbocycles. The Morgan fingerprint density at radius 2 is 1.60 bits per heavy atom. The number of anilines is 1. The van der Waals surface area contributed by atoms with Crippen molar-refractivity contribution in [2.24, 2.45) is 0 Å². The molecule has 20 heavy (non-hydrogen) atoms. The van der Waals surface area contributed by atoms with Crippen LogP contribution in [0, 0.1) is 11.8 Å². The van der Waals surface area contributed by atoms with Crippen molar-refractivity contribution < 1.29 is 4.79 Å². The third-order valence-corrected chi connectivity index (χ3v) is 3.01. The molecule has 100 valence electrons. The molecule has 0 fully saturated rings. The van der Waals surface area contributed by atoms with Crippen molar-refractivity contribution in [3.05, 3.63) is 66.2 Å². The second-order valence-electron chi connectivity index (χ2n) is 4.50. The number of para-hydroxylation sites is 1. The molecule has 2 aromatic rings. The summed E-state index contributed by atoms with van der Waals surface area (Å²) in [6, 6.07) is 19.3. The first kappa shape index (κ1) is 13.9. The molecule has 0 bridgehead atoms. The van der Waals surface area contributed by atoms with E-state index in [2.05, 4.69) is 28.9 Å². The first-order chi connectivity index (χ1) is 9.77. The molecule has 0 aromatic heterocycles. The molecule has 0 heterocycles. The third kappa shape index (κ3) is 4.00. The minimum atomic E-state index is -0.118. The second kappa shape index (κ2) is 7.16. The molecule has 2 nitrogen and oxygen atoms in total. The Labute approximate surface area is 120 Å².